The summed E-state index contributed by atoms with van der Waals surface area (Å²) in [6.45, 7) is 3.87. The van der Waals surface area contributed by atoms with Crippen LogP contribution < -0.4 is 0 Å². The van der Waals surface area contributed by atoms with E-state index in [1.807, 2.05) is 25.8 Å². The van der Waals surface area contributed by atoms with Crippen LogP contribution in [0.25, 0.3) is 0 Å². The minimum atomic E-state index is 0.0748. The number of alkyl halides is 1. The first-order valence-electron chi connectivity index (χ1n) is 5.44. The molecule has 1 amide bonds. The second-order valence-electron chi connectivity index (χ2n) is 4.47. The van der Waals surface area contributed by atoms with Gasteiger partial charge < -0.3 is 4.90 Å². The van der Waals surface area contributed by atoms with Gasteiger partial charge in [0.15, 0.2) is 0 Å². The highest BCUT2D eigenvalue weighted by Crippen LogP contribution is 2.27. The number of nitrogens with zero attached hydrogens (tertiary/aromatic N) is 1. The van der Waals surface area contributed by atoms with Gasteiger partial charge in [0.1, 0.15) is 0 Å². The van der Waals surface area contributed by atoms with Crippen LogP contribution >= 0.6 is 11.6 Å². The van der Waals surface area contributed by atoms with Gasteiger partial charge in [0.2, 0.25) is 5.91 Å². The lowest BCUT2D eigenvalue weighted by atomic mass is 9.93. The molecular formula is C11H20ClNO. The molecule has 1 fully saturated rings. The molecule has 82 valence electrons. The van der Waals surface area contributed by atoms with Gasteiger partial charge in [0, 0.05) is 19.0 Å². The summed E-state index contributed by atoms with van der Waals surface area (Å²) >= 11 is 6.23. The quantitative estimate of drug-likeness (QED) is 0.652. The van der Waals surface area contributed by atoms with Crippen molar-refractivity contribution in [3.05, 3.63) is 0 Å². The van der Waals surface area contributed by atoms with Gasteiger partial charge in [0.05, 0.1) is 5.38 Å². The first kappa shape index (κ1) is 11.8. The van der Waals surface area contributed by atoms with Crippen molar-refractivity contribution in [2.75, 3.05) is 7.05 Å². The fraction of sp³-hybridized carbons (Fsp3) is 0.909. The topological polar surface area (TPSA) is 20.3 Å². The van der Waals surface area contributed by atoms with Gasteiger partial charge in [-0.1, -0.05) is 26.7 Å². The van der Waals surface area contributed by atoms with E-state index < -0.39 is 0 Å². The summed E-state index contributed by atoms with van der Waals surface area (Å²) in [6.07, 6.45) is 4.50. The molecule has 0 aromatic rings. The fourth-order valence-electron chi connectivity index (χ4n) is 2.07. The van der Waals surface area contributed by atoms with E-state index in [9.17, 15) is 4.79 Å². The van der Waals surface area contributed by atoms with Gasteiger partial charge in [0.25, 0.3) is 0 Å². The van der Waals surface area contributed by atoms with Crippen molar-refractivity contribution in [2.45, 2.75) is 50.9 Å². The number of hydrogen-bond acceptors (Lipinski definition) is 1. The van der Waals surface area contributed by atoms with E-state index in [-0.39, 0.29) is 23.2 Å². The lowest BCUT2D eigenvalue weighted by Gasteiger charge is -2.35. The maximum Gasteiger partial charge on any atom is 0.225 e. The van der Waals surface area contributed by atoms with Crippen molar-refractivity contribution in [1.29, 1.82) is 0 Å². The van der Waals surface area contributed by atoms with E-state index >= 15 is 0 Å². The summed E-state index contributed by atoms with van der Waals surface area (Å²) in [5.74, 6) is 0.286. The second kappa shape index (κ2) is 5.01. The van der Waals surface area contributed by atoms with Crippen LogP contribution in [0.15, 0.2) is 0 Å². The third kappa shape index (κ3) is 2.63. The minimum Gasteiger partial charge on any atom is -0.341 e. The molecule has 0 aromatic carbocycles. The van der Waals surface area contributed by atoms with Crippen LogP contribution in [-0.2, 0) is 4.79 Å². The Balaban J connectivity index is 2.57. The standard InChI is InChI=1S/C11H20ClNO/c1-8(2)11(14)13(3)10-7-5-4-6-9(10)12/h8-10H,4-7H2,1-3H3. The molecule has 0 radical (unpaired) electrons. The van der Waals surface area contributed by atoms with Gasteiger partial charge in [-0.25, -0.2) is 0 Å². The van der Waals surface area contributed by atoms with Gasteiger partial charge in [-0.3, -0.25) is 4.79 Å². The Bertz CT molecular complexity index is 205. The maximum atomic E-state index is 11.8. The fourth-order valence-corrected chi connectivity index (χ4v) is 2.52. The van der Waals surface area contributed by atoms with E-state index in [0.29, 0.717) is 0 Å². The molecule has 1 aliphatic rings. The highest BCUT2D eigenvalue weighted by molar-refractivity contribution is 6.21. The Kier molecular flexibility index (Phi) is 4.24. The first-order chi connectivity index (χ1) is 6.54. The van der Waals surface area contributed by atoms with Crippen molar-refractivity contribution in [3.8, 4) is 0 Å². The lowest BCUT2D eigenvalue weighted by molar-refractivity contribution is -0.135. The third-order valence-electron chi connectivity index (χ3n) is 2.99. The minimum absolute atomic E-state index is 0.0748. The predicted octanol–water partition coefficient (Wildman–Crippen LogP) is 2.65. The molecule has 1 aliphatic carbocycles. The third-order valence-corrected chi connectivity index (χ3v) is 3.50. The number of rotatable bonds is 2. The maximum absolute atomic E-state index is 11.8. The second-order valence-corrected chi connectivity index (χ2v) is 5.03. The molecule has 0 aliphatic heterocycles. The average molecular weight is 218 g/mol. The Morgan fingerprint density at radius 2 is 1.93 bits per heavy atom. The highest BCUT2D eigenvalue weighted by atomic mass is 35.5. The van der Waals surface area contributed by atoms with Gasteiger partial charge >= 0.3 is 0 Å². The summed E-state index contributed by atoms with van der Waals surface area (Å²) in [5, 5.41) is 0.149. The van der Waals surface area contributed by atoms with E-state index in [0.717, 1.165) is 12.8 Å². The molecule has 0 heterocycles. The molecule has 2 atom stereocenters. The first-order valence-corrected chi connectivity index (χ1v) is 5.88. The Morgan fingerprint density at radius 1 is 1.36 bits per heavy atom. The van der Waals surface area contributed by atoms with Gasteiger partial charge in [-0.05, 0) is 12.8 Å². The van der Waals surface area contributed by atoms with Crippen LogP contribution in [0, 0.1) is 5.92 Å². The molecule has 0 bridgehead atoms. The summed E-state index contributed by atoms with van der Waals surface area (Å²) in [5.41, 5.74) is 0. The van der Waals surface area contributed by atoms with E-state index in [1.165, 1.54) is 12.8 Å². The summed E-state index contributed by atoms with van der Waals surface area (Å²) < 4.78 is 0. The van der Waals surface area contributed by atoms with Crippen molar-refractivity contribution < 1.29 is 4.79 Å². The van der Waals surface area contributed by atoms with Crippen LogP contribution in [0.2, 0.25) is 0 Å². The molecule has 1 saturated carbocycles. The number of carbonyl (C=O) groups is 1. The molecule has 3 heteroatoms. The smallest absolute Gasteiger partial charge is 0.225 e. The van der Waals surface area contributed by atoms with Gasteiger partial charge in [-0.2, -0.15) is 0 Å². The summed E-state index contributed by atoms with van der Waals surface area (Å²) in [7, 11) is 1.88. The molecule has 2 unspecified atom stereocenters. The Morgan fingerprint density at radius 3 is 2.43 bits per heavy atom. The lowest BCUT2D eigenvalue weighted by Crippen LogP contribution is -2.45. The van der Waals surface area contributed by atoms with Gasteiger partial charge in [-0.15, -0.1) is 11.6 Å². The molecule has 2 nitrogen and oxygen atoms in total. The summed E-state index contributed by atoms with van der Waals surface area (Å²) in [4.78, 5) is 13.6. The molecule has 0 spiro atoms. The van der Waals surface area contributed by atoms with Crippen molar-refractivity contribution in [1.82, 2.24) is 4.90 Å². The number of carbonyl (C=O) groups excluding carboxylic acids is 1. The predicted molar refractivity (Wildman–Crippen MR) is 59.5 cm³/mol. The molecule has 0 saturated heterocycles. The zero-order valence-corrected chi connectivity index (χ0v) is 10.0. The molecule has 1 rings (SSSR count). The molecule has 0 N–H and O–H groups in total. The number of halogens is 1. The van der Waals surface area contributed by atoms with E-state index in [4.69, 9.17) is 11.6 Å². The van der Waals surface area contributed by atoms with E-state index in [1.54, 1.807) is 0 Å². The number of amides is 1. The van der Waals surface area contributed by atoms with Crippen LogP contribution in [0.1, 0.15) is 39.5 Å². The average Bonchev–Trinajstić information content (AvgIpc) is 2.16. The SMILES string of the molecule is CC(C)C(=O)N(C)C1CCCCC1Cl. The van der Waals surface area contributed by atoms with Crippen molar-refractivity contribution in [2.24, 2.45) is 5.92 Å². The van der Waals surface area contributed by atoms with Crippen LogP contribution in [0.5, 0.6) is 0 Å². The molecule has 0 aromatic heterocycles. The number of hydrogen-bond donors (Lipinski definition) is 0. The van der Waals surface area contributed by atoms with Crippen molar-refractivity contribution in [3.63, 3.8) is 0 Å². The monoisotopic (exact) mass is 217 g/mol. The molecular weight excluding hydrogens is 198 g/mol. The Labute approximate surface area is 91.6 Å². The molecule has 14 heavy (non-hydrogen) atoms. The van der Waals surface area contributed by atoms with E-state index in [2.05, 4.69) is 0 Å². The zero-order valence-electron chi connectivity index (χ0n) is 9.29. The highest BCUT2D eigenvalue weighted by Gasteiger charge is 2.29. The van der Waals surface area contributed by atoms with Crippen molar-refractivity contribution >= 4 is 17.5 Å². The van der Waals surface area contributed by atoms with Crippen LogP contribution in [0.3, 0.4) is 0 Å². The Hall–Kier alpha value is -0.240. The normalized spacial score (nSPS) is 27.8. The van der Waals surface area contributed by atoms with Crippen LogP contribution in [-0.4, -0.2) is 29.3 Å². The zero-order chi connectivity index (χ0) is 10.7. The van der Waals surface area contributed by atoms with Crippen LogP contribution in [0.4, 0.5) is 0 Å². The summed E-state index contributed by atoms with van der Waals surface area (Å²) in [6, 6.07) is 0.250. The largest absolute Gasteiger partial charge is 0.341 e.